The molecule has 0 bridgehead atoms. The molecule has 0 unspecified atom stereocenters. The van der Waals surface area contributed by atoms with Crippen molar-refractivity contribution in [1.82, 2.24) is 0 Å². The molecule has 1 aromatic rings. The summed E-state index contributed by atoms with van der Waals surface area (Å²) in [5.74, 6) is -0.221. The van der Waals surface area contributed by atoms with E-state index in [0.29, 0.717) is 13.2 Å². The minimum atomic E-state index is -0.176. The average Bonchev–Trinajstić information content (AvgIpc) is 2.52. The van der Waals surface area contributed by atoms with Crippen molar-refractivity contribution in [2.45, 2.75) is 19.8 Å². The molecule has 0 fully saturated rings. The highest BCUT2D eigenvalue weighted by atomic mass is 16.5. The number of hydrogen-bond acceptors (Lipinski definition) is 4. The van der Waals surface area contributed by atoms with Gasteiger partial charge >= 0.3 is 0 Å². The molecule has 1 aromatic carbocycles. The Labute approximate surface area is 130 Å². The molecular weight excluding hydrogens is 284 g/mol. The van der Waals surface area contributed by atoms with Gasteiger partial charge in [0.1, 0.15) is 13.2 Å². The Morgan fingerprint density at radius 1 is 1.32 bits per heavy atom. The third-order valence-electron chi connectivity index (χ3n) is 3.49. The third kappa shape index (κ3) is 4.05. The summed E-state index contributed by atoms with van der Waals surface area (Å²) in [7, 11) is 1.51. The van der Waals surface area contributed by atoms with Crippen LogP contribution < -0.4 is 10.2 Å². The van der Waals surface area contributed by atoms with E-state index in [4.69, 9.17) is 9.47 Å². The van der Waals surface area contributed by atoms with Gasteiger partial charge in [-0.25, -0.2) is 0 Å². The van der Waals surface area contributed by atoms with Gasteiger partial charge in [0.2, 0.25) is 5.91 Å². The van der Waals surface area contributed by atoms with Gasteiger partial charge < -0.3 is 19.7 Å². The topological polar surface area (TPSA) is 67.9 Å². The van der Waals surface area contributed by atoms with Crippen LogP contribution in [0, 0.1) is 0 Å². The predicted octanol–water partition coefficient (Wildman–Crippen LogP) is 1.59. The second-order valence-electron chi connectivity index (χ2n) is 5.11. The molecule has 1 N–H and O–H groups in total. The Bertz CT molecular complexity index is 545. The number of carbonyl (C=O) groups excluding carboxylic acids is 2. The number of nitrogens with one attached hydrogen (secondary N) is 1. The van der Waals surface area contributed by atoms with Crippen molar-refractivity contribution in [3.05, 3.63) is 23.8 Å². The van der Waals surface area contributed by atoms with Crippen molar-refractivity contribution in [3.63, 3.8) is 0 Å². The van der Waals surface area contributed by atoms with Gasteiger partial charge in [0.15, 0.2) is 0 Å². The SMILES string of the molecule is CCOCC(=O)Nc1ccc2c(c1)CCCN2C(=O)COC. The van der Waals surface area contributed by atoms with Gasteiger partial charge in [-0.2, -0.15) is 0 Å². The van der Waals surface area contributed by atoms with E-state index in [-0.39, 0.29) is 25.0 Å². The predicted molar refractivity (Wildman–Crippen MR) is 84.1 cm³/mol. The largest absolute Gasteiger partial charge is 0.375 e. The van der Waals surface area contributed by atoms with Crippen molar-refractivity contribution < 1.29 is 19.1 Å². The van der Waals surface area contributed by atoms with E-state index in [1.807, 2.05) is 19.1 Å². The molecule has 1 aliphatic heterocycles. The summed E-state index contributed by atoms with van der Waals surface area (Å²) in [6.07, 6.45) is 1.79. The van der Waals surface area contributed by atoms with E-state index in [1.165, 1.54) is 7.11 Å². The second-order valence-corrected chi connectivity index (χ2v) is 5.11. The molecule has 6 nitrogen and oxygen atoms in total. The lowest BCUT2D eigenvalue weighted by Crippen LogP contribution is -2.37. The number of hydrogen-bond donors (Lipinski definition) is 1. The maximum absolute atomic E-state index is 12.1. The standard InChI is InChI=1S/C16H22N2O4/c1-3-22-10-15(19)17-13-6-7-14-12(9-13)5-4-8-18(14)16(20)11-21-2/h6-7,9H,3-5,8,10-11H2,1-2H3,(H,17,19). The number of aryl methyl sites for hydroxylation is 1. The molecule has 0 spiro atoms. The number of ether oxygens (including phenoxy) is 2. The Balaban J connectivity index is 2.10. The van der Waals surface area contributed by atoms with Crippen LogP contribution in [-0.2, 0) is 25.5 Å². The average molecular weight is 306 g/mol. The van der Waals surface area contributed by atoms with Crippen LogP contribution >= 0.6 is 0 Å². The number of methoxy groups -OCH3 is 1. The highest BCUT2D eigenvalue weighted by Gasteiger charge is 2.22. The summed E-state index contributed by atoms with van der Waals surface area (Å²) >= 11 is 0. The first-order valence-electron chi connectivity index (χ1n) is 7.45. The molecule has 0 radical (unpaired) electrons. The first kappa shape index (κ1) is 16.5. The van der Waals surface area contributed by atoms with E-state index in [0.717, 1.165) is 29.8 Å². The molecule has 1 heterocycles. The van der Waals surface area contributed by atoms with E-state index in [1.54, 1.807) is 11.0 Å². The van der Waals surface area contributed by atoms with Crippen LogP contribution in [-0.4, -0.2) is 45.3 Å². The molecule has 6 heteroatoms. The zero-order valence-corrected chi connectivity index (χ0v) is 13.1. The monoisotopic (exact) mass is 306 g/mol. The molecule has 2 amide bonds. The Morgan fingerprint density at radius 2 is 2.14 bits per heavy atom. The molecular formula is C16H22N2O4. The summed E-state index contributed by atoms with van der Waals surface area (Å²) in [4.78, 5) is 25.5. The highest BCUT2D eigenvalue weighted by Crippen LogP contribution is 2.29. The van der Waals surface area contributed by atoms with Crippen LogP contribution in [0.3, 0.4) is 0 Å². The zero-order chi connectivity index (χ0) is 15.9. The van der Waals surface area contributed by atoms with Crippen LogP contribution in [0.25, 0.3) is 0 Å². The number of benzene rings is 1. The highest BCUT2D eigenvalue weighted by molar-refractivity contribution is 5.96. The van der Waals surface area contributed by atoms with Gasteiger partial charge in [-0.3, -0.25) is 9.59 Å². The maximum atomic E-state index is 12.1. The fourth-order valence-electron chi connectivity index (χ4n) is 2.53. The van der Waals surface area contributed by atoms with E-state index >= 15 is 0 Å². The van der Waals surface area contributed by atoms with Crippen molar-refractivity contribution in [2.24, 2.45) is 0 Å². The summed E-state index contributed by atoms with van der Waals surface area (Å²) in [6.45, 7) is 3.18. The molecule has 0 saturated heterocycles. The van der Waals surface area contributed by atoms with Crippen molar-refractivity contribution in [1.29, 1.82) is 0 Å². The van der Waals surface area contributed by atoms with E-state index < -0.39 is 0 Å². The van der Waals surface area contributed by atoms with Crippen LogP contribution in [0.2, 0.25) is 0 Å². The quantitative estimate of drug-likeness (QED) is 0.866. The van der Waals surface area contributed by atoms with Gasteiger partial charge in [0.05, 0.1) is 0 Å². The van der Waals surface area contributed by atoms with Crippen molar-refractivity contribution in [3.8, 4) is 0 Å². The molecule has 120 valence electrons. The Morgan fingerprint density at radius 3 is 2.86 bits per heavy atom. The molecule has 22 heavy (non-hydrogen) atoms. The first-order chi connectivity index (χ1) is 10.7. The lowest BCUT2D eigenvalue weighted by Gasteiger charge is -2.29. The van der Waals surface area contributed by atoms with Gasteiger partial charge in [-0.05, 0) is 43.5 Å². The van der Waals surface area contributed by atoms with Gasteiger partial charge in [-0.1, -0.05) is 0 Å². The van der Waals surface area contributed by atoms with Crippen molar-refractivity contribution >= 4 is 23.2 Å². The van der Waals surface area contributed by atoms with Crippen LogP contribution in [0.15, 0.2) is 18.2 Å². The van der Waals surface area contributed by atoms with Gasteiger partial charge in [0, 0.05) is 31.6 Å². The Hall–Kier alpha value is -1.92. The summed E-state index contributed by atoms with van der Waals surface area (Å²) in [6, 6.07) is 5.60. The summed E-state index contributed by atoms with van der Waals surface area (Å²) < 4.78 is 10.0. The molecule has 0 saturated carbocycles. The van der Waals surface area contributed by atoms with E-state index in [9.17, 15) is 9.59 Å². The van der Waals surface area contributed by atoms with Crippen LogP contribution in [0.4, 0.5) is 11.4 Å². The van der Waals surface area contributed by atoms with Crippen LogP contribution in [0.1, 0.15) is 18.9 Å². The number of rotatable bonds is 6. The lowest BCUT2D eigenvalue weighted by molar-refractivity contribution is -0.122. The molecule has 0 aromatic heterocycles. The summed E-state index contributed by atoms with van der Waals surface area (Å²) in [5, 5.41) is 2.80. The maximum Gasteiger partial charge on any atom is 0.252 e. The number of amides is 2. The smallest absolute Gasteiger partial charge is 0.252 e. The molecule has 0 atom stereocenters. The number of fused-ring (bicyclic) bond motifs is 1. The minimum Gasteiger partial charge on any atom is -0.375 e. The number of nitrogens with zero attached hydrogens (tertiary/aromatic N) is 1. The number of anilines is 2. The summed E-state index contributed by atoms with van der Waals surface area (Å²) in [5.41, 5.74) is 2.69. The second kappa shape index (κ2) is 7.91. The molecule has 2 rings (SSSR count). The fourth-order valence-corrected chi connectivity index (χ4v) is 2.53. The van der Waals surface area contributed by atoms with Gasteiger partial charge in [0.25, 0.3) is 5.91 Å². The fraction of sp³-hybridized carbons (Fsp3) is 0.500. The van der Waals surface area contributed by atoms with Crippen LogP contribution in [0.5, 0.6) is 0 Å². The molecule has 1 aliphatic rings. The molecule has 0 aliphatic carbocycles. The minimum absolute atomic E-state index is 0.0448. The lowest BCUT2D eigenvalue weighted by atomic mass is 10.0. The Kier molecular flexibility index (Phi) is 5.91. The normalized spacial score (nSPS) is 13.6. The third-order valence-corrected chi connectivity index (χ3v) is 3.49. The number of carbonyl (C=O) groups is 2. The first-order valence-corrected chi connectivity index (χ1v) is 7.45. The zero-order valence-electron chi connectivity index (χ0n) is 13.1. The van der Waals surface area contributed by atoms with E-state index in [2.05, 4.69) is 5.32 Å². The van der Waals surface area contributed by atoms with Crippen molar-refractivity contribution in [2.75, 3.05) is 43.7 Å². The van der Waals surface area contributed by atoms with Gasteiger partial charge in [-0.15, -0.1) is 0 Å².